The summed E-state index contributed by atoms with van der Waals surface area (Å²) >= 11 is 0. The summed E-state index contributed by atoms with van der Waals surface area (Å²) in [6, 6.07) is 4.81. The van der Waals surface area contributed by atoms with Gasteiger partial charge < -0.3 is 4.74 Å². The number of hydrogen-bond acceptors (Lipinski definition) is 5. The van der Waals surface area contributed by atoms with Crippen LogP contribution in [0, 0.1) is 12.3 Å². The Kier molecular flexibility index (Phi) is 5.19. The molecule has 0 unspecified atom stereocenters. The maximum atomic E-state index is 12.2. The van der Waals surface area contributed by atoms with E-state index in [2.05, 4.69) is 16.4 Å². The summed E-state index contributed by atoms with van der Waals surface area (Å²) in [6.07, 6.45) is 9.50. The highest BCUT2D eigenvalue weighted by atomic mass is 32.2. The lowest BCUT2D eigenvalue weighted by Crippen LogP contribution is -2.24. The first-order valence-corrected chi connectivity index (χ1v) is 8.49. The van der Waals surface area contributed by atoms with Crippen LogP contribution in [0.15, 0.2) is 34.3 Å². The molecular formula is C16H16N2O4S. The van der Waals surface area contributed by atoms with Crippen molar-refractivity contribution in [3.05, 3.63) is 29.8 Å². The number of terminal acetylenes is 1. The van der Waals surface area contributed by atoms with Crippen LogP contribution >= 0.6 is 0 Å². The Morgan fingerprint density at radius 3 is 2.78 bits per heavy atom. The molecule has 1 amide bonds. The highest BCUT2D eigenvalue weighted by Gasteiger charge is 2.19. The van der Waals surface area contributed by atoms with Gasteiger partial charge in [0.1, 0.15) is 16.4 Å². The van der Waals surface area contributed by atoms with Crippen molar-refractivity contribution in [3.63, 3.8) is 0 Å². The van der Waals surface area contributed by atoms with Crippen LogP contribution in [0.4, 0.5) is 0 Å². The van der Waals surface area contributed by atoms with Crippen molar-refractivity contribution in [1.29, 1.82) is 0 Å². The summed E-state index contributed by atoms with van der Waals surface area (Å²) in [5.41, 5.74) is 3.78. The van der Waals surface area contributed by atoms with Gasteiger partial charge in [0.2, 0.25) is 5.91 Å². The minimum absolute atomic E-state index is 0.0546. The summed E-state index contributed by atoms with van der Waals surface area (Å²) in [5, 5.41) is 3.92. The number of ether oxygens (including phenoxy) is 1. The molecule has 0 fully saturated rings. The Morgan fingerprint density at radius 1 is 1.39 bits per heavy atom. The van der Waals surface area contributed by atoms with Gasteiger partial charge in [-0.05, 0) is 23.8 Å². The topological polar surface area (TPSA) is 84.8 Å². The number of carbonyl (C=O) groups is 1. The third kappa shape index (κ3) is 4.20. The number of sulfone groups is 1. The molecule has 1 aromatic rings. The molecule has 1 N–H and O–H groups in total. The lowest BCUT2D eigenvalue weighted by Gasteiger charge is -2.10. The van der Waals surface area contributed by atoms with E-state index in [1.807, 2.05) is 0 Å². The minimum atomic E-state index is -3.61. The van der Waals surface area contributed by atoms with Crippen LogP contribution in [0.2, 0.25) is 0 Å². The number of hydrazone groups is 1. The first-order valence-electron chi connectivity index (χ1n) is 6.84. The Hall–Kier alpha value is -2.59. The van der Waals surface area contributed by atoms with E-state index in [-0.39, 0.29) is 16.6 Å². The first kappa shape index (κ1) is 16.8. The fraction of sp³-hybridized carbons (Fsp3) is 0.250. The Morgan fingerprint density at radius 2 is 2.17 bits per heavy atom. The molecule has 2 rings (SSSR count). The van der Waals surface area contributed by atoms with Crippen LogP contribution in [-0.4, -0.2) is 32.9 Å². The van der Waals surface area contributed by atoms with Crippen LogP contribution in [0.1, 0.15) is 18.4 Å². The molecule has 0 spiro atoms. The van der Waals surface area contributed by atoms with Crippen molar-refractivity contribution in [2.75, 3.05) is 12.9 Å². The van der Waals surface area contributed by atoms with Gasteiger partial charge in [-0.3, -0.25) is 4.79 Å². The highest BCUT2D eigenvalue weighted by Crippen LogP contribution is 2.26. The molecule has 0 radical (unpaired) electrons. The standard InChI is InChI=1S/C16H16N2O4S/c1-3-10-23(20,21)15-11-12(5-8-14(15)22-2)4-6-13-7-9-16(19)18-17-13/h1,4-6,8,11H,7,9-10H2,2H3,(H,18,19). The van der Waals surface area contributed by atoms with E-state index >= 15 is 0 Å². The molecule has 7 heteroatoms. The molecule has 0 bridgehead atoms. The van der Waals surface area contributed by atoms with E-state index in [1.165, 1.54) is 13.2 Å². The van der Waals surface area contributed by atoms with Crippen LogP contribution in [-0.2, 0) is 14.6 Å². The summed E-state index contributed by atoms with van der Waals surface area (Å²) in [5.74, 6) is 1.88. The van der Waals surface area contributed by atoms with Gasteiger partial charge in [-0.2, -0.15) is 5.10 Å². The molecule has 1 heterocycles. The van der Waals surface area contributed by atoms with Crippen LogP contribution in [0.5, 0.6) is 5.75 Å². The van der Waals surface area contributed by atoms with Gasteiger partial charge in [-0.25, -0.2) is 13.8 Å². The summed E-state index contributed by atoms with van der Waals surface area (Å²) < 4.78 is 29.5. The zero-order valence-corrected chi connectivity index (χ0v) is 13.4. The molecule has 1 aromatic carbocycles. The molecule has 23 heavy (non-hydrogen) atoms. The Bertz CT molecular complexity index is 817. The Balaban J connectivity index is 2.31. The molecule has 120 valence electrons. The molecule has 0 saturated heterocycles. The van der Waals surface area contributed by atoms with Crippen LogP contribution < -0.4 is 10.2 Å². The van der Waals surface area contributed by atoms with Gasteiger partial charge in [0.05, 0.1) is 12.8 Å². The molecule has 0 atom stereocenters. The predicted molar refractivity (Wildman–Crippen MR) is 87.7 cm³/mol. The van der Waals surface area contributed by atoms with Crippen molar-refractivity contribution in [2.45, 2.75) is 17.7 Å². The monoisotopic (exact) mass is 332 g/mol. The fourth-order valence-electron chi connectivity index (χ4n) is 2.03. The maximum Gasteiger partial charge on any atom is 0.240 e. The van der Waals surface area contributed by atoms with Crippen LogP contribution in [0.25, 0.3) is 6.08 Å². The lowest BCUT2D eigenvalue weighted by molar-refractivity contribution is -0.121. The summed E-state index contributed by atoms with van der Waals surface area (Å²) in [6.45, 7) is 0. The largest absolute Gasteiger partial charge is 0.495 e. The number of rotatable bonds is 5. The van der Waals surface area contributed by atoms with E-state index in [9.17, 15) is 13.2 Å². The summed E-state index contributed by atoms with van der Waals surface area (Å²) in [4.78, 5) is 11.1. The van der Waals surface area contributed by atoms with Crippen molar-refractivity contribution in [3.8, 4) is 18.1 Å². The highest BCUT2D eigenvalue weighted by molar-refractivity contribution is 7.91. The number of nitrogens with one attached hydrogen (secondary N) is 1. The number of carbonyl (C=O) groups excluding carboxylic acids is 1. The zero-order valence-electron chi connectivity index (χ0n) is 12.6. The van der Waals surface area contributed by atoms with Crippen molar-refractivity contribution >= 4 is 27.5 Å². The SMILES string of the molecule is C#CCS(=O)(=O)c1cc(C=CC2=NNC(=O)CC2)ccc1OC. The second-order valence-corrected chi connectivity index (χ2v) is 6.80. The van der Waals surface area contributed by atoms with E-state index < -0.39 is 15.6 Å². The molecular weight excluding hydrogens is 316 g/mol. The molecule has 1 aliphatic heterocycles. The van der Waals surface area contributed by atoms with E-state index in [1.54, 1.807) is 24.3 Å². The number of methoxy groups -OCH3 is 1. The van der Waals surface area contributed by atoms with Gasteiger partial charge in [0.15, 0.2) is 9.84 Å². The van der Waals surface area contributed by atoms with Gasteiger partial charge in [0, 0.05) is 12.8 Å². The van der Waals surface area contributed by atoms with Crippen LogP contribution in [0.3, 0.4) is 0 Å². The van der Waals surface area contributed by atoms with Gasteiger partial charge in [-0.1, -0.05) is 18.1 Å². The number of benzene rings is 1. The minimum Gasteiger partial charge on any atom is -0.495 e. The summed E-state index contributed by atoms with van der Waals surface area (Å²) in [7, 11) is -2.21. The molecule has 0 aliphatic carbocycles. The molecule has 0 aromatic heterocycles. The lowest BCUT2D eigenvalue weighted by atomic mass is 10.1. The van der Waals surface area contributed by atoms with Crippen molar-refractivity contribution in [1.82, 2.24) is 5.43 Å². The average molecular weight is 332 g/mol. The van der Waals surface area contributed by atoms with Crippen molar-refractivity contribution in [2.24, 2.45) is 5.10 Å². The first-order chi connectivity index (χ1) is 11.0. The van der Waals surface area contributed by atoms with E-state index in [0.29, 0.717) is 24.1 Å². The van der Waals surface area contributed by atoms with Gasteiger partial charge >= 0.3 is 0 Å². The predicted octanol–water partition coefficient (Wildman–Crippen LogP) is 1.38. The normalized spacial score (nSPS) is 15.0. The second-order valence-electron chi connectivity index (χ2n) is 4.84. The molecule has 6 nitrogen and oxygen atoms in total. The van der Waals surface area contributed by atoms with E-state index in [0.717, 1.165) is 0 Å². The van der Waals surface area contributed by atoms with Crippen molar-refractivity contribution < 1.29 is 17.9 Å². The smallest absolute Gasteiger partial charge is 0.240 e. The number of nitrogens with zero attached hydrogens (tertiary/aromatic N) is 1. The second kappa shape index (κ2) is 7.11. The fourth-order valence-corrected chi connectivity index (χ4v) is 3.18. The molecule has 0 saturated carbocycles. The zero-order chi connectivity index (χ0) is 16.9. The third-order valence-electron chi connectivity index (χ3n) is 3.20. The van der Waals surface area contributed by atoms with Gasteiger partial charge in [-0.15, -0.1) is 6.42 Å². The third-order valence-corrected chi connectivity index (χ3v) is 4.73. The van der Waals surface area contributed by atoms with Gasteiger partial charge in [0.25, 0.3) is 0 Å². The average Bonchev–Trinajstić information content (AvgIpc) is 2.54. The molecule has 1 aliphatic rings. The number of hydrogen-bond donors (Lipinski definition) is 1. The number of allylic oxidation sites excluding steroid dienone is 1. The maximum absolute atomic E-state index is 12.2. The Labute approximate surface area is 135 Å². The van der Waals surface area contributed by atoms with E-state index in [4.69, 9.17) is 11.2 Å². The quantitative estimate of drug-likeness (QED) is 0.826. The number of amides is 1.